The maximum Gasteiger partial charge on any atom is 0.119 e. The van der Waals surface area contributed by atoms with Gasteiger partial charge in [-0.1, -0.05) is 67.3 Å². The average molecular weight is 343 g/mol. The van der Waals surface area contributed by atoms with Gasteiger partial charge in [0.2, 0.25) is 0 Å². The van der Waals surface area contributed by atoms with Crippen LogP contribution in [0.25, 0.3) is 23.9 Å². The zero-order valence-electron chi connectivity index (χ0n) is 15.2. The highest BCUT2D eigenvalue weighted by molar-refractivity contribution is 5.62. The first-order valence-corrected chi connectivity index (χ1v) is 9.04. The Morgan fingerprint density at radius 2 is 1.88 bits per heavy atom. The molecule has 0 amide bonds. The number of hydrogen-bond acceptors (Lipinski definition) is 1. The molecule has 0 fully saturated rings. The van der Waals surface area contributed by atoms with E-state index in [-0.39, 0.29) is 0 Å². The van der Waals surface area contributed by atoms with Gasteiger partial charge in [0.1, 0.15) is 5.75 Å². The summed E-state index contributed by atoms with van der Waals surface area (Å²) >= 11 is 0. The van der Waals surface area contributed by atoms with Crippen LogP contribution in [0.5, 0.6) is 5.75 Å². The second-order valence-corrected chi connectivity index (χ2v) is 6.27. The number of aromatic amines is 1. The van der Waals surface area contributed by atoms with Crippen molar-refractivity contribution < 1.29 is 4.74 Å². The molecule has 3 rings (SSSR count). The molecule has 0 bridgehead atoms. The second kappa shape index (κ2) is 8.91. The van der Waals surface area contributed by atoms with E-state index in [0.717, 1.165) is 40.4 Å². The van der Waals surface area contributed by atoms with E-state index in [2.05, 4.69) is 60.1 Å². The first-order valence-electron chi connectivity index (χ1n) is 9.04. The molecule has 132 valence electrons. The lowest BCUT2D eigenvalue weighted by Gasteiger charge is -2.08. The summed E-state index contributed by atoms with van der Waals surface area (Å²) in [6, 6.07) is 20.8. The van der Waals surface area contributed by atoms with Crippen LogP contribution in [0.2, 0.25) is 0 Å². The van der Waals surface area contributed by atoms with Gasteiger partial charge in [0.15, 0.2) is 0 Å². The van der Waals surface area contributed by atoms with Crippen LogP contribution in [0.15, 0.2) is 72.8 Å². The maximum atomic E-state index is 5.94. The van der Waals surface area contributed by atoms with Gasteiger partial charge in [-0.25, -0.2) is 0 Å². The molecule has 0 aliphatic carbocycles. The fraction of sp³-hybridized carbons (Fsp3) is 0.167. The van der Waals surface area contributed by atoms with Crippen molar-refractivity contribution in [1.82, 2.24) is 4.98 Å². The molecule has 26 heavy (non-hydrogen) atoms. The molecule has 0 unspecified atom stereocenters. The summed E-state index contributed by atoms with van der Waals surface area (Å²) in [6.07, 6.45) is 8.13. The van der Waals surface area contributed by atoms with Crippen LogP contribution in [-0.4, -0.2) is 11.6 Å². The predicted molar refractivity (Wildman–Crippen MR) is 111 cm³/mol. The van der Waals surface area contributed by atoms with Crippen LogP contribution in [0, 0.1) is 0 Å². The molecule has 0 atom stereocenters. The van der Waals surface area contributed by atoms with Gasteiger partial charge in [0, 0.05) is 16.6 Å². The van der Waals surface area contributed by atoms with Crippen molar-refractivity contribution in [3.05, 3.63) is 88.9 Å². The number of H-pyrrole nitrogens is 1. The maximum absolute atomic E-state index is 5.94. The van der Waals surface area contributed by atoms with Gasteiger partial charge < -0.3 is 9.72 Å². The van der Waals surface area contributed by atoms with Crippen molar-refractivity contribution in [2.45, 2.75) is 19.8 Å². The molecule has 1 heterocycles. The molecule has 1 aromatic heterocycles. The molecule has 3 aromatic rings. The van der Waals surface area contributed by atoms with Crippen LogP contribution in [0.4, 0.5) is 0 Å². The first-order chi connectivity index (χ1) is 12.8. The number of aryl methyl sites for hydroxylation is 1. The summed E-state index contributed by atoms with van der Waals surface area (Å²) in [7, 11) is 0. The van der Waals surface area contributed by atoms with Gasteiger partial charge in [0.25, 0.3) is 0 Å². The quantitative estimate of drug-likeness (QED) is 0.630. The van der Waals surface area contributed by atoms with Crippen LogP contribution < -0.4 is 15.3 Å². The Hall–Kier alpha value is -3.00. The standard InChI is InChI=1S/C24H25NO/c1-3-4-13-21-18-24(25-19(21)2)22-14-8-15-23(17-22)26-16-9-12-20-10-6-5-7-11-20/h3-8,10-11,13-15,17-18,25H,2,9,12,16H2,1H3/b4-3-,21-13-. The molecule has 0 saturated carbocycles. The van der Waals surface area contributed by atoms with Gasteiger partial charge in [-0.3, -0.25) is 0 Å². The summed E-state index contributed by atoms with van der Waals surface area (Å²) in [5, 5.41) is 2.03. The molecular weight excluding hydrogens is 318 g/mol. The van der Waals surface area contributed by atoms with Gasteiger partial charge in [0.05, 0.1) is 6.61 Å². The highest BCUT2D eigenvalue weighted by Crippen LogP contribution is 2.21. The molecule has 0 aliphatic heterocycles. The van der Waals surface area contributed by atoms with Gasteiger partial charge in [-0.15, -0.1) is 0 Å². The Labute approximate surface area is 155 Å². The molecule has 2 heteroatoms. The molecule has 2 nitrogen and oxygen atoms in total. The molecule has 0 aliphatic rings. The zero-order chi connectivity index (χ0) is 18.2. The smallest absolute Gasteiger partial charge is 0.119 e. The molecule has 0 radical (unpaired) electrons. The van der Waals surface area contributed by atoms with E-state index >= 15 is 0 Å². The number of allylic oxidation sites excluding steroid dienone is 2. The van der Waals surface area contributed by atoms with Crippen LogP contribution in [-0.2, 0) is 6.42 Å². The van der Waals surface area contributed by atoms with E-state index in [9.17, 15) is 0 Å². The van der Waals surface area contributed by atoms with Crippen molar-refractivity contribution in [3.63, 3.8) is 0 Å². The van der Waals surface area contributed by atoms with Crippen LogP contribution >= 0.6 is 0 Å². The molecule has 1 N–H and O–H groups in total. The van der Waals surface area contributed by atoms with Crippen molar-refractivity contribution in [1.29, 1.82) is 0 Å². The minimum Gasteiger partial charge on any atom is -0.494 e. The highest BCUT2D eigenvalue weighted by atomic mass is 16.5. The lowest BCUT2D eigenvalue weighted by molar-refractivity contribution is 0.311. The highest BCUT2D eigenvalue weighted by Gasteiger charge is 2.02. The minimum absolute atomic E-state index is 0.712. The molecule has 0 saturated heterocycles. The van der Waals surface area contributed by atoms with E-state index in [0.29, 0.717) is 6.61 Å². The van der Waals surface area contributed by atoms with Crippen molar-refractivity contribution in [2.75, 3.05) is 6.61 Å². The fourth-order valence-corrected chi connectivity index (χ4v) is 2.88. The Morgan fingerprint density at radius 1 is 1.04 bits per heavy atom. The van der Waals surface area contributed by atoms with Crippen LogP contribution in [0.3, 0.4) is 0 Å². The number of nitrogens with one attached hydrogen (secondary N) is 1. The van der Waals surface area contributed by atoms with E-state index < -0.39 is 0 Å². The van der Waals surface area contributed by atoms with Crippen molar-refractivity contribution >= 4 is 12.7 Å². The van der Waals surface area contributed by atoms with E-state index in [4.69, 9.17) is 4.74 Å². The largest absolute Gasteiger partial charge is 0.494 e. The lowest BCUT2D eigenvalue weighted by Crippen LogP contribution is -2.19. The van der Waals surface area contributed by atoms with E-state index in [1.54, 1.807) is 0 Å². The summed E-state index contributed by atoms with van der Waals surface area (Å²) in [4.78, 5) is 3.35. The number of rotatable bonds is 7. The summed E-state index contributed by atoms with van der Waals surface area (Å²) in [5.74, 6) is 0.898. The second-order valence-electron chi connectivity index (χ2n) is 6.27. The monoisotopic (exact) mass is 343 g/mol. The Balaban J connectivity index is 1.64. The number of hydrogen-bond donors (Lipinski definition) is 1. The third-order valence-corrected chi connectivity index (χ3v) is 4.27. The fourth-order valence-electron chi connectivity index (χ4n) is 2.88. The van der Waals surface area contributed by atoms with Gasteiger partial charge in [-0.2, -0.15) is 0 Å². The first kappa shape index (κ1) is 17.8. The SMILES string of the molecule is C=c1[nH]c(-c2cccc(OCCCc3ccccc3)c2)c/c1=C/C=C\C. The molecular formula is C24H25NO. The van der Waals surface area contributed by atoms with Crippen molar-refractivity contribution in [3.8, 4) is 17.0 Å². The summed E-state index contributed by atoms with van der Waals surface area (Å²) in [6.45, 7) is 6.80. The topological polar surface area (TPSA) is 25.0 Å². The average Bonchev–Trinajstić information content (AvgIpc) is 3.05. The minimum atomic E-state index is 0.712. The number of ether oxygens (including phenoxy) is 1. The molecule has 2 aromatic carbocycles. The third-order valence-electron chi connectivity index (χ3n) is 4.27. The Kier molecular flexibility index (Phi) is 6.10. The zero-order valence-corrected chi connectivity index (χ0v) is 15.2. The summed E-state index contributed by atoms with van der Waals surface area (Å²) in [5.41, 5.74) is 3.51. The van der Waals surface area contributed by atoms with Gasteiger partial charge in [-0.05, 0) is 48.7 Å². The van der Waals surface area contributed by atoms with Crippen molar-refractivity contribution in [2.24, 2.45) is 0 Å². The lowest BCUT2D eigenvalue weighted by atomic mass is 10.1. The van der Waals surface area contributed by atoms with Gasteiger partial charge >= 0.3 is 0 Å². The van der Waals surface area contributed by atoms with E-state index in [1.807, 2.05) is 37.3 Å². The normalized spacial score (nSPS) is 12.0. The molecule has 0 spiro atoms. The predicted octanol–water partition coefficient (Wildman–Crippen LogP) is 4.46. The third kappa shape index (κ3) is 4.76. The Bertz CT molecular complexity index is 967. The Morgan fingerprint density at radius 3 is 2.69 bits per heavy atom. The number of aromatic nitrogens is 1. The van der Waals surface area contributed by atoms with Crippen LogP contribution in [0.1, 0.15) is 18.9 Å². The number of benzene rings is 2. The summed E-state index contributed by atoms with van der Waals surface area (Å²) < 4.78 is 5.94. The van der Waals surface area contributed by atoms with E-state index in [1.165, 1.54) is 5.56 Å².